The van der Waals surface area contributed by atoms with E-state index in [0.717, 1.165) is 22.6 Å². The van der Waals surface area contributed by atoms with E-state index in [4.69, 9.17) is 4.74 Å². The van der Waals surface area contributed by atoms with Gasteiger partial charge in [-0.15, -0.1) is 5.10 Å². The zero-order chi connectivity index (χ0) is 16.5. The number of ether oxygens (including phenoxy) is 1. The topological polar surface area (TPSA) is 60.2 Å². The minimum Gasteiger partial charge on any atom is -0.482 e. The summed E-state index contributed by atoms with van der Waals surface area (Å²) in [7, 11) is 0. The van der Waals surface area contributed by atoms with E-state index in [1.165, 1.54) is 0 Å². The normalized spacial score (nSPS) is 13.5. The Labute approximate surface area is 139 Å². The van der Waals surface area contributed by atoms with Crippen LogP contribution in [0.15, 0.2) is 54.7 Å². The first-order chi connectivity index (χ1) is 11.7. The van der Waals surface area contributed by atoms with Gasteiger partial charge in [-0.1, -0.05) is 35.5 Å². The Bertz CT molecular complexity index is 903. The molecule has 0 bridgehead atoms. The predicted octanol–water partition coefficient (Wildman–Crippen LogP) is 2.50. The fourth-order valence-corrected chi connectivity index (χ4v) is 2.80. The van der Waals surface area contributed by atoms with Crippen molar-refractivity contribution in [3.05, 3.63) is 66.0 Å². The van der Waals surface area contributed by atoms with E-state index in [2.05, 4.69) is 10.3 Å². The van der Waals surface area contributed by atoms with E-state index in [1.54, 1.807) is 9.58 Å². The third kappa shape index (κ3) is 2.52. The largest absolute Gasteiger partial charge is 0.482 e. The lowest BCUT2D eigenvalue weighted by atomic mass is 10.2. The summed E-state index contributed by atoms with van der Waals surface area (Å²) in [6.07, 6.45) is 1.85. The highest BCUT2D eigenvalue weighted by atomic mass is 16.5. The summed E-state index contributed by atoms with van der Waals surface area (Å²) in [6.45, 7) is 2.44. The zero-order valence-electron chi connectivity index (χ0n) is 13.2. The molecule has 0 saturated heterocycles. The Morgan fingerprint density at radius 3 is 2.67 bits per heavy atom. The van der Waals surface area contributed by atoms with E-state index in [0.29, 0.717) is 12.3 Å². The first kappa shape index (κ1) is 14.4. The lowest BCUT2D eigenvalue weighted by molar-refractivity contribution is -0.121. The molecular formula is C18H16N4O2. The lowest BCUT2D eigenvalue weighted by Crippen LogP contribution is -2.38. The lowest BCUT2D eigenvalue weighted by Gasteiger charge is -2.28. The van der Waals surface area contributed by atoms with E-state index < -0.39 is 0 Å². The average molecular weight is 320 g/mol. The van der Waals surface area contributed by atoms with Gasteiger partial charge in [0.1, 0.15) is 11.4 Å². The number of nitrogens with zero attached hydrogens (tertiary/aromatic N) is 4. The van der Waals surface area contributed by atoms with Crippen LogP contribution in [-0.4, -0.2) is 27.5 Å². The Morgan fingerprint density at radius 2 is 1.83 bits per heavy atom. The molecule has 0 radical (unpaired) electrons. The van der Waals surface area contributed by atoms with Crippen molar-refractivity contribution in [3.63, 3.8) is 0 Å². The second-order valence-electron chi connectivity index (χ2n) is 5.68. The molecule has 0 aliphatic carbocycles. The molecule has 0 unspecified atom stereocenters. The fraction of sp³-hybridized carbons (Fsp3) is 0.167. The molecule has 24 heavy (non-hydrogen) atoms. The number of benzene rings is 2. The summed E-state index contributed by atoms with van der Waals surface area (Å²) in [5, 5.41) is 8.40. The average Bonchev–Trinajstić information content (AvgIpc) is 3.06. The molecule has 1 aliphatic heterocycles. The van der Waals surface area contributed by atoms with Gasteiger partial charge in [0.05, 0.1) is 24.1 Å². The van der Waals surface area contributed by atoms with Crippen molar-refractivity contribution < 1.29 is 9.53 Å². The van der Waals surface area contributed by atoms with Crippen molar-refractivity contribution in [2.24, 2.45) is 0 Å². The van der Waals surface area contributed by atoms with Gasteiger partial charge in [-0.25, -0.2) is 4.68 Å². The number of hydrogen-bond acceptors (Lipinski definition) is 4. The molecule has 1 amide bonds. The highest BCUT2D eigenvalue weighted by Gasteiger charge is 2.26. The molecule has 0 spiro atoms. The number of carbonyl (C=O) groups excluding carboxylic acids is 1. The van der Waals surface area contributed by atoms with Crippen LogP contribution < -0.4 is 9.64 Å². The van der Waals surface area contributed by atoms with Crippen molar-refractivity contribution in [1.29, 1.82) is 0 Å². The van der Waals surface area contributed by atoms with Gasteiger partial charge in [-0.3, -0.25) is 9.69 Å². The van der Waals surface area contributed by atoms with Gasteiger partial charge >= 0.3 is 0 Å². The molecule has 120 valence electrons. The number of rotatable bonds is 3. The van der Waals surface area contributed by atoms with E-state index >= 15 is 0 Å². The minimum absolute atomic E-state index is 0.0446. The Balaban J connectivity index is 1.63. The van der Waals surface area contributed by atoms with Crippen molar-refractivity contribution in [1.82, 2.24) is 15.0 Å². The third-order valence-corrected chi connectivity index (χ3v) is 4.03. The Kier molecular flexibility index (Phi) is 3.49. The van der Waals surface area contributed by atoms with Crippen LogP contribution in [-0.2, 0) is 11.3 Å². The molecule has 3 aromatic rings. The molecule has 1 aliphatic rings. The quantitative estimate of drug-likeness (QED) is 0.744. The summed E-state index contributed by atoms with van der Waals surface area (Å²) in [5.41, 5.74) is 3.58. The monoisotopic (exact) mass is 320 g/mol. The summed E-state index contributed by atoms with van der Waals surface area (Å²) in [4.78, 5) is 13.9. The number of aryl methyl sites for hydroxylation is 1. The van der Waals surface area contributed by atoms with Gasteiger partial charge < -0.3 is 4.74 Å². The smallest absolute Gasteiger partial charge is 0.265 e. The van der Waals surface area contributed by atoms with Crippen molar-refractivity contribution >= 4 is 11.6 Å². The fourth-order valence-electron chi connectivity index (χ4n) is 2.80. The highest BCUT2D eigenvalue weighted by Crippen LogP contribution is 2.32. The van der Waals surface area contributed by atoms with Gasteiger partial charge in [0.15, 0.2) is 6.61 Å². The molecule has 1 aromatic heterocycles. The molecule has 4 rings (SSSR count). The molecule has 6 heteroatoms. The number of amides is 1. The number of fused-ring (bicyclic) bond motifs is 1. The first-order valence-corrected chi connectivity index (χ1v) is 7.72. The third-order valence-electron chi connectivity index (χ3n) is 4.03. The number of aromatic nitrogens is 3. The molecule has 0 atom stereocenters. The number of anilines is 1. The SMILES string of the molecule is Cc1ccccc1-n1cc(CN2C(=O)COc3ccccc32)nn1. The Morgan fingerprint density at radius 1 is 1.08 bits per heavy atom. The predicted molar refractivity (Wildman–Crippen MR) is 89.2 cm³/mol. The molecular weight excluding hydrogens is 304 g/mol. The summed E-state index contributed by atoms with van der Waals surface area (Å²) < 4.78 is 7.20. The van der Waals surface area contributed by atoms with Crippen LogP contribution in [0.3, 0.4) is 0 Å². The summed E-state index contributed by atoms with van der Waals surface area (Å²) >= 11 is 0. The zero-order valence-corrected chi connectivity index (χ0v) is 13.2. The minimum atomic E-state index is -0.0841. The van der Waals surface area contributed by atoms with Gasteiger partial charge in [0.25, 0.3) is 5.91 Å². The van der Waals surface area contributed by atoms with Crippen molar-refractivity contribution in [2.75, 3.05) is 11.5 Å². The number of hydrogen-bond donors (Lipinski definition) is 0. The first-order valence-electron chi connectivity index (χ1n) is 7.72. The molecule has 0 fully saturated rings. The molecule has 0 saturated carbocycles. The van der Waals surface area contributed by atoms with E-state index in [9.17, 15) is 4.79 Å². The summed E-state index contributed by atoms with van der Waals surface area (Å²) in [6, 6.07) is 15.5. The molecule has 0 N–H and O–H groups in total. The molecule has 6 nitrogen and oxygen atoms in total. The van der Waals surface area contributed by atoms with Crippen molar-refractivity contribution in [3.8, 4) is 11.4 Å². The van der Waals surface area contributed by atoms with Crippen LogP contribution in [0.25, 0.3) is 5.69 Å². The standard InChI is InChI=1S/C18H16N4O2/c1-13-6-2-3-7-15(13)22-11-14(19-20-22)10-21-16-8-4-5-9-17(16)24-12-18(21)23/h2-9,11H,10,12H2,1H3. The van der Waals surface area contributed by atoms with E-state index in [1.807, 2.05) is 61.7 Å². The highest BCUT2D eigenvalue weighted by molar-refractivity contribution is 5.97. The number of para-hydroxylation sites is 3. The summed E-state index contributed by atoms with van der Waals surface area (Å²) in [5.74, 6) is 0.627. The van der Waals surface area contributed by atoms with Crippen LogP contribution in [0, 0.1) is 6.92 Å². The van der Waals surface area contributed by atoms with Gasteiger partial charge in [0, 0.05) is 0 Å². The van der Waals surface area contributed by atoms with Gasteiger partial charge in [0.2, 0.25) is 0 Å². The maximum atomic E-state index is 12.2. The van der Waals surface area contributed by atoms with Crippen LogP contribution in [0.1, 0.15) is 11.3 Å². The second-order valence-corrected chi connectivity index (χ2v) is 5.68. The van der Waals surface area contributed by atoms with Crippen LogP contribution in [0.2, 0.25) is 0 Å². The van der Waals surface area contributed by atoms with Gasteiger partial charge in [-0.2, -0.15) is 0 Å². The second kappa shape index (κ2) is 5.81. The van der Waals surface area contributed by atoms with Gasteiger partial charge in [-0.05, 0) is 30.7 Å². The van der Waals surface area contributed by atoms with E-state index in [-0.39, 0.29) is 12.5 Å². The van der Waals surface area contributed by atoms with Crippen LogP contribution >= 0.6 is 0 Å². The van der Waals surface area contributed by atoms with Crippen LogP contribution in [0.4, 0.5) is 5.69 Å². The molecule has 2 aromatic carbocycles. The number of carbonyl (C=O) groups is 1. The maximum absolute atomic E-state index is 12.2. The van der Waals surface area contributed by atoms with Crippen LogP contribution in [0.5, 0.6) is 5.75 Å². The maximum Gasteiger partial charge on any atom is 0.265 e. The van der Waals surface area contributed by atoms with Crippen molar-refractivity contribution in [2.45, 2.75) is 13.5 Å². The molecule has 2 heterocycles. The Hall–Kier alpha value is -3.15.